The van der Waals surface area contributed by atoms with E-state index in [1.54, 1.807) is 12.1 Å². The highest BCUT2D eigenvalue weighted by molar-refractivity contribution is 6.06. The largest absolute Gasteiger partial charge is 0.278 e. The molecule has 6 heteroatoms. The van der Waals surface area contributed by atoms with Gasteiger partial charge in [-0.25, -0.2) is 0 Å². The molecule has 6 nitrogen and oxygen atoms in total. The summed E-state index contributed by atoms with van der Waals surface area (Å²) in [5.74, 6) is -0.0457. The molecule has 3 aliphatic carbocycles. The van der Waals surface area contributed by atoms with Gasteiger partial charge in [0.25, 0.3) is 5.69 Å². The quantitative estimate of drug-likeness (QED) is 0.370. The molecule has 1 aromatic carbocycles. The van der Waals surface area contributed by atoms with Crippen LogP contribution in [0.15, 0.2) is 36.4 Å². The number of likely N-dealkylation sites (tertiary alicyclic amines) is 1. The van der Waals surface area contributed by atoms with E-state index in [0.717, 1.165) is 18.4 Å². The number of nitrogens with zero attached hydrogens (tertiary/aromatic N) is 2. The van der Waals surface area contributed by atoms with Crippen molar-refractivity contribution in [1.29, 1.82) is 0 Å². The Balaban J connectivity index is 1.40. The summed E-state index contributed by atoms with van der Waals surface area (Å²) in [6.45, 7) is 0.203. The second-order valence-corrected chi connectivity index (χ2v) is 7.41. The molecule has 2 bridgehead atoms. The fraction of sp³-hybridized carbons (Fsp3) is 0.444. The van der Waals surface area contributed by atoms with E-state index in [0.29, 0.717) is 0 Å². The standard InChI is InChI=1S/C18H16N2O4/c21-16-14-12-5-6-13(18(12)7-8-18)15(14)17(22)19(16)9-10-1-3-11(4-2-10)20(23)24/h1-6,12-15H,7-9H2/t12-,13-,14-,15-/m0/s1. The van der Waals surface area contributed by atoms with Gasteiger partial charge in [0.05, 0.1) is 23.3 Å². The lowest BCUT2D eigenvalue weighted by Crippen LogP contribution is -2.34. The molecule has 4 atom stereocenters. The first kappa shape index (κ1) is 13.9. The van der Waals surface area contributed by atoms with E-state index < -0.39 is 4.92 Å². The van der Waals surface area contributed by atoms with Crippen LogP contribution < -0.4 is 0 Å². The van der Waals surface area contributed by atoms with Gasteiger partial charge in [-0.15, -0.1) is 0 Å². The molecule has 1 saturated heterocycles. The van der Waals surface area contributed by atoms with Gasteiger partial charge in [-0.3, -0.25) is 24.6 Å². The fourth-order valence-corrected chi connectivity index (χ4v) is 5.20. The van der Waals surface area contributed by atoms with Crippen LogP contribution in [0.1, 0.15) is 18.4 Å². The van der Waals surface area contributed by atoms with Crippen molar-refractivity contribution in [2.24, 2.45) is 29.1 Å². The molecule has 1 heterocycles. The minimum absolute atomic E-state index is 0.00705. The van der Waals surface area contributed by atoms with Gasteiger partial charge in [0.15, 0.2) is 0 Å². The van der Waals surface area contributed by atoms with Crippen LogP contribution in [0.2, 0.25) is 0 Å². The van der Waals surface area contributed by atoms with Crippen molar-refractivity contribution >= 4 is 17.5 Å². The lowest BCUT2D eigenvalue weighted by atomic mass is 9.85. The van der Waals surface area contributed by atoms with Crippen molar-refractivity contribution in [1.82, 2.24) is 4.90 Å². The Labute approximate surface area is 138 Å². The van der Waals surface area contributed by atoms with E-state index in [1.165, 1.54) is 17.0 Å². The van der Waals surface area contributed by atoms with E-state index in [4.69, 9.17) is 0 Å². The summed E-state index contributed by atoms with van der Waals surface area (Å²) in [4.78, 5) is 37.3. The summed E-state index contributed by atoms with van der Waals surface area (Å²) in [6, 6.07) is 6.04. The number of allylic oxidation sites excluding steroid dienone is 2. The molecule has 1 aromatic rings. The van der Waals surface area contributed by atoms with Gasteiger partial charge in [0, 0.05) is 12.1 Å². The topological polar surface area (TPSA) is 80.5 Å². The summed E-state index contributed by atoms with van der Waals surface area (Å²) in [5, 5.41) is 10.7. The van der Waals surface area contributed by atoms with Crippen molar-refractivity contribution in [3.8, 4) is 0 Å². The minimum Gasteiger partial charge on any atom is -0.278 e. The highest BCUT2D eigenvalue weighted by Gasteiger charge is 2.73. The lowest BCUT2D eigenvalue weighted by molar-refractivity contribution is -0.384. The van der Waals surface area contributed by atoms with Gasteiger partial charge in [-0.05, 0) is 35.7 Å². The molecule has 122 valence electrons. The number of non-ortho nitro benzene ring substituents is 1. The second-order valence-electron chi connectivity index (χ2n) is 7.41. The number of fused-ring (bicyclic) bond motifs is 3. The van der Waals surface area contributed by atoms with Crippen LogP contribution >= 0.6 is 0 Å². The summed E-state index contributed by atoms with van der Waals surface area (Å²) < 4.78 is 0. The van der Waals surface area contributed by atoms with Crippen LogP contribution in [0.25, 0.3) is 0 Å². The zero-order chi connectivity index (χ0) is 16.6. The molecule has 0 radical (unpaired) electrons. The minimum atomic E-state index is -0.460. The predicted molar refractivity (Wildman–Crippen MR) is 83.4 cm³/mol. The van der Waals surface area contributed by atoms with Crippen molar-refractivity contribution < 1.29 is 14.5 Å². The number of hydrogen-bond acceptors (Lipinski definition) is 4. The number of benzene rings is 1. The third-order valence-corrected chi connectivity index (χ3v) is 6.43. The number of nitro benzene ring substituents is 1. The molecule has 0 aromatic heterocycles. The van der Waals surface area contributed by atoms with E-state index >= 15 is 0 Å². The van der Waals surface area contributed by atoms with Crippen LogP contribution in [0.5, 0.6) is 0 Å². The third kappa shape index (κ3) is 1.56. The number of carbonyl (C=O) groups excluding carboxylic acids is 2. The summed E-state index contributed by atoms with van der Waals surface area (Å²) in [7, 11) is 0. The van der Waals surface area contributed by atoms with E-state index in [-0.39, 0.29) is 53.1 Å². The summed E-state index contributed by atoms with van der Waals surface area (Å²) in [6.07, 6.45) is 6.56. The Morgan fingerprint density at radius 1 is 1.04 bits per heavy atom. The second kappa shape index (κ2) is 4.32. The Morgan fingerprint density at radius 2 is 1.58 bits per heavy atom. The zero-order valence-corrected chi connectivity index (χ0v) is 12.9. The fourth-order valence-electron chi connectivity index (χ4n) is 5.20. The highest BCUT2D eigenvalue weighted by Crippen LogP contribution is 2.73. The van der Waals surface area contributed by atoms with Crippen LogP contribution in [-0.2, 0) is 16.1 Å². The lowest BCUT2D eigenvalue weighted by Gasteiger charge is -2.21. The van der Waals surface area contributed by atoms with Gasteiger partial charge in [0.2, 0.25) is 11.8 Å². The molecular weight excluding hydrogens is 308 g/mol. The first-order valence-corrected chi connectivity index (χ1v) is 8.30. The third-order valence-electron chi connectivity index (χ3n) is 6.43. The van der Waals surface area contributed by atoms with Gasteiger partial charge < -0.3 is 0 Å². The van der Waals surface area contributed by atoms with Crippen molar-refractivity contribution in [3.05, 3.63) is 52.1 Å². The van der Waals surface area contributed by atoms with Crippen molar-refractivity contribution in [2.45, 2.75) is 19.4 Å². The van der Waals surface area contributed by atoms with Crippen LogP contribution in [-0.4, -0.2) is 21.6 Å². The van der Waals surface area contributed by atoms with E-state index in [9.17, 15) is 19.7 Å². The number of nitro groups is 1. The number of hydrogen-bond donors (Lipinski definition) is 0. The Kier molecular flexibility index (Phi) is 2.50. The maximum Gasteiger partial charge on any atom is 0.269 e. The molecular formula is C18H16N2O4. The zero-order valence-electron chi connectivity index (χ0n) is 12.9. The predicted octanol–water partition coefficient (Wildman–Crippen LogP) is 2.29. The van der Waals surface area contributed by atoms with Gasteiger partial charge in [0.1, 0.15) is 0 Å². The van der Waals surface area contributed by atoms with Crippen LogP contribution in [0.3, 0.4) is 0 Å². The SMILES string of the molecule is O=C1[C@@H]2[C@@H](C(=O)N1Cc1ccc([N+](=O)[O-])cc1)[C@@H]1C=C[C@@H]2C12CC2. The maximum absolute atomic E-state index is 12.8. The van der Waals surface area contributed by atoms with E-state index in [1.807, 2.05) is 0 Å². The van der Waals surface area contributed by atoms with E-state index in [2.05, 4.69) is 12.2 Å². The number of amides is 2. The molecule has 3 fully saturated rings. The van der Waals surface area contributed by atoms with Crippen molar-refractivity contribution in [2.75, 3.05) is 0 Å². The Hall–Kier alpha value is -2.50. The molecule has 0 unspecified atom stereocenters. The van der Waals surface area contributed by atoms with Gasteiger partial charge >= 0.3 is 0 Å². The number of rotatable bonds is 3. The molecule has 24 heavy (non-hydrogen) atoms. The first-order chi connectivity index (χ1) is 11.5. The molecule has 0 N–H and O–H groups in total. The molecule has 1 spiro atoms. The smallest absolute Gasteiger partial charge is 0.269 e. The van der Waals surface area contributed by atoms with Gasteiger partial charge in [-0.1, -0.05) is 24.3 Å². The van der Waals surface area contributed by atoms with Crippen LogP contribution in [0.4, 0.5) is 5.69 Å². The monoisotopic (exact) mass is 324 g/mol. The normalized spacial score (nSPS) is 34.2. The van der Waals surface area contributed by atoms with Gasteiger partial charge in [-0.2, -0.15) is 0 Å². The number of carbonyl (C=O) groups is 2. The first-order valence-electron chi connectivity index (χ1n) is 8.30. The molecule has 1 aliphatic heterocycles. The van der Waals surface area contributed by atoms with Crippen LogP contribution in [0, 0.1) is 39.2 Å². The number of imide groups is 1. The van der Waals surface area contributed by atoms with Crippen molar-refractivity contribution in [3.63, 3.8) is 0 Å². The highest BCUT2D eigenvalue weighted by atomic mass is 16.6. The molecule has 2 amide bonds. The summed E-state index contributed by atoms with van der Waals surface area (Å²) in [5.41, 5.74) is 0.955. The molecule has 5 rings (SSSR count). The summed E-state index contributed by atoms with van der Waals surface area (Å²) >= 11 is 0. The Morgan fingerprint density at radius 3 is 2.04 bits per heavy atom. The average Bonchev–Trinajstić information content (AvgIpc) is 3.18. The average molecular weight is 324 g/mol. The molecule has 2 saturated carbocycles. The Bertz CT molecular complexity index is 775. The maximum atomic E-state index is 12.8. The molecule has 4 aliphatic rings.